The monoisotopic (exact) mass is 279 g/mol. The summed E-state index contributed by atoms with van der Waals surface area (Å²) in [7, 11) is 0. The Bertz CT molecular complexity index is 606. The van der Waals surface area contributed by atoms with Gasteiger partial charge >= 0.3 is 6.18 Å². The first kappa shape index (κ1) is 13.4. The smallest absolute Gasteiger partial charge is 0.299 e. The molecule has 1 aliphatic rings. The SMILES string of the molecule is FC(F)(F)C1CCCC(c2ccc3ccccc3c2)N1. The Balaban J connectivity index is 1.87. The van der Waals surface area contributed by atoms with Gasteiger partial charge in [0.1, 0.15) is 6.04 Å². The van der Waals surface area contributed by atoms with Gasteiger partial charge in [0.25, 0.3) is 0 Å². The lowest BCUT2D eigenvalue weighted by Gasteiger charge is -2.32. The number of fused-ring (bicyclic) bond motifs is 1. The second-order valence-electron chi connectivity index (χ2n) is 5.35. The van der Waals surface area contributed by atoms with Gasteiger partial charge in [-0.3, -0.25) is 5.32 Å². The molecule has 1 N–H and O–H groups in total. The Morgan fingerprint density at radius 1 is 0.950 bits per heavy atom. The van der Waals surface area contributed by atoms with Crippen LogP contribution in [0.4, 0.5) is 13.2 Å². The molecule has 2 aromatic rings. The van der Waals surface area contributed by atoms with Crippen molar-refractivity contribution in [1.82, 2.24) is 5.32 Å². The van der Waals surface area contributed by atoms with E-state index >= 15 is 0 Å². The van der Waals surface area contributed by atoms with Crippen LogP contribution in [0.25, 0.3) is 10.8 Å². The minimum Gasteiger partial charge on any atom is -0.299 e. The summed E-state index contributed by atoms with van der Waals surface area (Å²) in [4.78, 5) is 0. The molecule has 20 heavy (non-hydrogen) atoms. The summed E-state index contributed by atoms with van der Waals surface area (Å²) < 4.78 is 38.5. The third-order valence-electron chi connectivity index (χ3n) is 3.96. The van der Waals surface area contributed by atoms with E-state index in [0.29, 0.717) is 6.42 Å². The zero-order valence-electron chi connectivity index (χ0n) is 11.0. The van der Waals surface area contributed by atoms with E-state index < -0.39 is 12.2 Å². The van der Waals surface area contributed by atoms with Gasteiger partial charge < -0.3 is 0 Å². The van der Waals surface area contributed by atoms with Gasteiger partial charge in [-0.2, -0.15) is 13.2 Å². The molecule has 1 aliphatic heterocycles. The molecule has 0 aliphatic carbocycles. The molecule has 0 bridgehead atoms. The van der Waals surface area contributed by atoms with Crippen LogP contribution < -0.4 is 5.32 Å². The highest BCUT2D eigenvalue weighted by atomic mass is 19.4. The zero-order valence-corrected chi connectivity index (χ0v) is 11.0. The van der Waals surface area contributed by atoms with Crippen LogP contribution in [0.2, 0.25) is 0 Å². The number of piperidine rings is 1. The number of rotatable bonds is 1. The average Bonchev–Trinajstić information content (AvgIpc) is 2.46. The van der Waals surface area contributed by atoms with Gasteiger partial charge in [0.05, 0.1) is 0 Å². The van der Waals surface area contributed by atoms with Crippen LogP contribution in [0.15, 0.2) is 42.5 Å². The van der Waals surface area contributed by atoms with E-state index in [2.05, 4.69) is 5.32 Å². The van der Waals surface area contributed by atoms with Gasteiger partial charge in [0.2, 0.25) is 0 Å². The largest absolute Gasteiger partial charge is 0.403 e. The van der Waals surface area contributed by atoms with Crippen molar-refractivity contribution in [2.24, 2.45) is 0 Å². The summed E-state index contributed by atoms with van der Waals surface area (Å²) in [5, 5.41) is 4.93. The van der Waals surface area contributed by atoms with Gasteiger partial charge in [-0.05, 0) is 41.7 Å². The van der Waals surface area contributed by atoms with Crippen LogP contribution in [-0.4, -0.2) is 12.2 Å². The van der Waals surface area contributed by atoms with Gasteiger partial charge in [-0.1, -0.05) is 36.4 Å². The molecule has 0 spiro atoms. The number of hydrogen-bond donors (Lipinski definition) is 1. The van der Waals surface area contributed by atoms with Crippen molar-refractivity contribution >= 4 is 10.8 Å². The van der Waals surface area contributed by atoms with E-state index in [0.717, 1.165) is 22.8 Å². The molecule has 4 heteroatoms. The van der Waals surface area contributed by atoms with Gasteiger partial charge in [-0.25, -0.2) is 0 Å². The predicted molar refractivity (Wildman–Crippen MR) is 73.5 cm³/mol. The first-order valence-electron chi connectivity index (χ1n) is 6.85. The van der Waals surface area contributed by atoms with Crippen molar-refractivity contribution in [3.05, 3.63) is 48.0 Å². The van der Waals surface area contributed by atoms with E-state index in [1.54, 1.807) is 0 Å². The van der Waals surface area contributed by atoms with Crippen molar-refractivity contribution in [3.8, 4) is 0 Å². The van der Waals surface area contributed by atoms with Crippen molar-refractivity contribution in [1.29, 1.82) is 0 Å². The molecule has 2 atom stereocenters. The molecule has 1 saturated heterocycles. The highest BCUT2D eigenvalue weighted by Gasteiger charge is 2.42. The van der Waals surface area contributed by atoms with E-state index in [-0.39, 0.29) is 12.5 Å². The Morgan fingerprint density at radius 2 is 1.70 bits per heavy atom. The molecular formula is C16H16F3N. The van der Waals surface area contributed by atoms with Crippen LogP contribution in [0, 0.1) is 0 Å². The minimum absolute atomic E-state index is 0.174. The van der Waals surface area contributed by atoms with Gasteiger partial charge in [-0.15, -0.1) is 0 Å². The fourth-order valence-corrected chi connectivity index (χ4v) is 2.88. The van der Waals surface area contributed by atoms with Crippen molar-refractivity contribution in [2.75, 3.05) is 0 Å². The lowest BCUT2D eigenvalue weighted by atomic mass is 9.92. The molecule has 1 nitrogen and oxygen atoms in total. The average molecular weight is 279 g/mol. The molecule has 1 fully saturated rings. The molecule has 106 valence electrons. The van der Waals surface area contributed by atoms with Crippen LogP contribution in [-0.2, 0) is 0 Å². The summed E-state index contributed by atoms with van der Waals surface area (Å²) in [5.74, 6) is 0. The van der Waals surface area contributed by atoms with Gasteiger partial charge in [0, 0.05) is 6.04 Å². The van der Waals surface area contributed by atoms with Crippen molar-refractivity contribution < 1.29 is 13.2 Å². The van der Waals surface area contributed by atoms with Crippen molar-refractivity contribution in [3.63, 3.8) is 0 Å². The number of halogens is 3. The zero-order chi connectivity index (χ0) is 14.2. The van der Waals surface area contributed by atoms with Crippen molar-refractivity contribution in [2.45, 2.75) is 37.5 Å². The quantitative estimate of drug-likeness (QED) is 0.805. The first-order valence-corrected chi connectivity index (χ1v) is 6.85. The lowest BCUT2D eigenvalue weighted by Crippen LogP contribution is -2.46. The lowest BCUT2D eigenvalue weighted by molar-refractivity contribution is -0.163. The maximum absolute atomic E-state index is 12.8. The summed E-state index contributed by atoms with van der Waals surface area (Å²) >= 11 is 0. The number of hydrogen-bond acceptors (Lipinski definition) is 1. The van der Waals surface area contributed by atoms with Gasteiger partial charge in [0.15, 0.2) is 0 Å². The second kappa shape index (κ2) is 5.09. The normalized spacial score (nSPS) is 23.9. The van der Waals surface area contributed by atoms with E-state index in [1.165, 1.54) is 0 Å². The summed E-state index contributed by atoms with van der Waals surface area (Å²) in [6.45, 7) is 0. The molecule has 0 radical (unpaired) electrons. The Kier molecular flexibility index (Phi) is 3.42. The minimum atomic E-state index is -4.16. The summed E-state index contributed by atoms with van der Waals surface area (Å²) in [6, 6.07) is 12.2. The number of nitrogens with one attached hydrogen (secondary N) is 1. The predicted octanol–water partition coefficient (Wildman–Crippen LogP) is 4.59. The second-order valence-corrected chi connectivity index (χ2v) is 5.35. The topological polar surface area (TPSA) is 12.0 Å². The fourth-order valence-electron chi connectivity index (χ4n) is 2.88. The molecule has 0 saturated carbocycles. The van der Waals surface area contributed by atoms with Crippen LogP contribution >= 0.6 is 0 Å². The van der Waals surface area contributed by atoms with E-state index in [9.17, 15) is 13.2 Å². The third-order valence-corrected chi connectivity index (χ3v) is 3.96. The molecule has 2 unspecified atom stereocenters. The maximum atomic E-state index is 12.8. The van der Waals surface area contributed by atoms with E-state index in [4.69, 9.17) is 0 Å². The summed E-state index contributed by atoms with van der Waals surface area (Å²) in [5.41, 5.74) is 0.942. The standard InChI is InChI=1S/C16H16F3N/c17-16(18,19)15-7-3-6-14(20-15)13-9-8-11-4-1-2-5-12(11)10-13/h1-2,4-5,8-10,14-15,20H,3,6-7H2. The van der Waals surface area contributed by atoms with Crippen LogP contribution in [0.5, 0.6) is 0 Å². The van der Waals surface area contributed by atoms with Crippen LogP contribution in [0.1, 0.15) is 30.9 Å². The Hall–Kier alpha value is -1.55. The molecule has 0 amide bonds. The molecule has 0 aromatic heterocycles. The highest BCUT2D eigenvalue weighted by Crippen LogP contribution is 2.33. The van der Waals surface area contributed by atoms with E-state index in [1.807, 2.05) is 42.5 Å². The van der Waals surface area contributed by atoms with Crippen LogP contribution in [0.3, 0.4) is 0 Å². The number of alkyl halides is 3. The molecule has 2 aromatic carbocycles. The highest BCUT2D eigenvalue weighted by molar-refractivity contribution is 5.83. The number of benzene rings is 2. The molecular weight excluding hydrogens is 263 g/mol. The first-order chi connectivity index (χ1) is 9.54. The maximum Gasteiger partial charge on any atom is 0.403 e. The fraction of sp³-hybridized carbons (Fsp3) is 0.375. The Labute approximate surface area is 115 Å². The third kappa shape index (κ3) is 2.66. The Morgan fingerprint density at radius 3 is 2.45 bits per heavy atom. The molecule has 1 heterocycles. The summed E-state index contributed by atoms with van der Waals surface area (Å²) in [6.07, 6.45) is -2.62. The molecule has 3 rings (SSSR count).